The van der Waals surface area contributed by atoms with Crippen molar-refractivity contribution in [2.24, 2.45) is 0 Å². The van der Waals surface area contributed by atoms with E-state index in [9.17, 15) is 4.39 Å². The van der Waals surface area contributed by atoms with Gasteiger partial charge in [0.15, 0.2) is 0 Å². The van der Waals surface area contributed by atoms with Crippen molar-refractivity contribution in [2.45, 2.75) is 32.4 Å². The highest BCUT2D eigenvalue weighted by Gasteiger charge is 2.17. The van der Waals surface area contributed by atoms with Crippen LogP contribution in [0.5, 0.6) is 0 Å². The van der Waals surface area contributed by atoms with Gasteiger partial charge < -0.3 is 10.2 Å². The summed E-state index contributed by atoms with van der Waals surface area (Å²) in [5, 5.41) is 3.24. The second-order valence-corrected chi connectivity index (χ2v) is 5.89. The van der Waals surface area contributed by atoms with Gasteiger partial charge in [0, 0.05) is 30.7 Å². The van der Waals surface area contributed by atoms with Gasteiger partial charge in [0.2, 0.25) is 0 Å². The van der Waals surface area contributed by atoms with Gasteiger partial charge in [-0.15, -0.1) is 0 Å². The van der Waals surface area contributed by atoms with Crippen LogP contribution in [0.25, 0.3) is 0 Å². The zero-order chi connectivity index (χ0) is 15.8. The van der Waals surface area contributed by atoms with Gasteiger partial charge in [-0.2, -0.15) is 0 Å². The van der Waals surface area contributed by atoms with Crippen LogP contribution in [0.1, 0.15) is 31.9 Å². The standard InChI is InChI=1S/C17H30FN3/c1-6-21(14(2)13-20(4)5)12-11-17(19-3)15-9-7-8-10-16(15)18/h7-10,14,17,19H,6,11-13H2,1-5H3. The van der Waals surface area contributed by atoms with Gasteiger partial charge in [0.25, 0.3) is 0 Å². The molecule has 4 heteroatoms. The van der Waals surface area contributed by atoms with Crippen LogP contribution in [0.2, 0.25) is 0 Å². The van der Waals surface area contributed by atoms with E-state index in [-0.39, 0.29) is 11.9 Å². The van der Waals surface area contributed by atoms with Crippen LogP contribution in [0.4, 0.5) is 4.39 Å². The van der Waals surface area contributed by atoms with Crippen molar-refractivity contribution in [3.8, 4) is 0 Å². The molecule has 0 spiro atoms. The summed E-state index contributed by atoms with van der Waals surface area (Å²) in [6.07, 6.45) is 0.906. The van der Waals surface area contributed by atoms with Crippen LogP contribution < -0.4 is 5.32 Å². The van der Waals surface area contributed by atoms with Gasteiger partial charge in [-0.3, -0.25) is 4.90 Å². The fraction of sp³-hybridized carbons (Fsp3) is 0.647. The van der Waals surface area contributed by atoms with Crippen molar-refractivity contribution in [3.63, 3.8) is 0 Å². The molecule has 2 atom stereocenters. The number of nitrogens with zero attached hydrogens (tertiary/aromatic N) is 2. The van der Waals surface area contributed by atoms with E-state index in [4.69, 9.17) is 0 Å². The highest BCUT2D eigenvalue weighted by molar-refractivity contribution is 5.21. The van der Waals surface area contributed by atoms with Crippen LogP contribution in [0, 0.1) is 5.82 Å². The molecule has 3 nitrogen and oxygen atoms in total. The third kappa shape index (κ3) is 5.73. The fourth-order valence-electron chi connectivity index (χ4n) is 2.84. The first-order chi connectivity index (χ1) is 9.99. The minimum atomic E-state index is -0.124. The highest BCUT2D eigenvalue weighted by Crippen LogP contribution is 2.20. The number of nitrogens with one attached hydrogen (secondary N) is 1. The topological polar surface area (TPSA) is 18.5 Å². The predicted octanol–water partition coefficient (Wildman–Crippen LogP) is 2.75. The summed E-state index contributed by atoms with van der Waals surface area (Å²) < 4.78 is 13.9. The average Bonchev–Trinajstić information content (AvgIpc) is 2.44. The van der Waals surface area contributed by atoms with E-state index in [0.29, 0.717) is 6.04 Å². The number of halogens is 1. The molecule has 1 aromatic carbocycles. The summed E-state index contributed by atoms with van der Waals surface area (Å²) in [7, 11) is 6.09. The fourth-order valence-corrected chi connectivity index (χ4v) is 2.84. The lowest BCUT2D eigenvalue weighted by Crippen LogP contribution is -2.41. The average molecular weight is 295 g/mol. The zero-order valence-corrected chi connectivity index (χ0v) is 14.1. The first-order valence-corrected chi connectivity index (χ1v) is 7.80. The first-order valence-electron chi connectivity index (χ1n) is 7.80. The Morgan fingerprint density at radius 3 is 2.43 bits per heavy atom. The molecule has 2 unspecified atom stereocenters. The van der Waals surface area contributed by atoms with Gasteiger partial charge in [-0.05, 0) is 47.1 Å². The molecule has 120 valence electrons. The summed E-state index contributed by atoms with van der Waals surface area (Å²) in [6.45, 7) is 7.45. The number of rotatable bonds is 9. The van der Waals surface area contributed by atoms with Crippen molar-refractivity contribution < 1.29 is 4.39 Å². The molecule has 0 aliphatic rings. The maximum absolute atomic E-state index is 13.9. The molecular formula is C17H30FN3. The smallest absolute Gasteiger partial charge is 0.127 e. The number of benzene rings is 1. The van der Waals surface area contributed by atoms with Gasteiger partial charge >= 0.3 is 0 Å². The molecule has 21 heavy (non-hydrogen) atoms. The van der Waals surface area contributed by atoms with E-state index in [1.165, 1.54) is 6.07 Å². The summed E-state index contributed by atoms with van der Waals surface area (Å²) in [5.74, 6) is -0.124. The molecule has 0 amide bonds. The largest absolute Gasteiger partial charge is 0.313 e. The van der Waals surface area contributed by atoms with E-state index >= 15 is 0 Å². The third-order valence-electron chi connectivity index (χ3n) is 3.99. The summed E-state index contributed by atoms with van der Waals surface area (Å²) in [4.78, 5) is 4.66. The molecular weight excluding hydrogens is 265 g/mol. The summed E-state index contributed by atoms with van der Waals surface area (Å²) in [6, 6.07) is 7.61. The Bertz CT molecular complexity index is 409. The lowest BCUT2D eigenvalue weighted by Gasteiger charge is -2.31. The van der Waals surface area contributed by atoms with E-state index in [0.717, 1.165) is 31.6 Å². The van der Waals surface area contributed by atoms with Crippen LogP contribution in [0.3, 0.4) is 0 Å². The molecule has 0 aliphatic carbocycles. The van der Waals surface area contributed by atoms with Gasteiger partial charge in [0.05, 0.1) is 0 Å². The van der Waals surface area contributed by atoms with Crippen LogP contribution in [-0.4, -0.2) is 56.6 Å². The maximum atomic E-state index is 13.9. The number of likely N-dealkylation sites (N-methyl/N-ethyl adjacent to an activating group) is 2. The molecule has 0 fully saturated rings. The molecule has 1 aromatic rings. The Hall–Kier alpha value is -0.970. The van der Waals surface area contributed by atoms with Gasteiger partial charge in [0.1, 0.15) is 5.82 Å². The Kier molecular flexibility index (Phi) is 7.86. The zero-order valence-electron chi connectivity index (χ0n) is 14.1. The van der Waals surface area contributed by atoms with Crippen molar-refractivity contribution >= 4 is 0 Å². The molecule has 1 rings (SSSR count). The minimum Gasteiger partial charge on any atom is -0.313 e. The lowest BCUT2D eigenvalue weighted by molar-refractivity contribution is 0.174. The molecule has 0 aliphatic heterocycles. The first kappa shape index (κ1) is 18.1. The molecule has 0 aromatic heterocycles. The highest BCUT2D eigenvalue weighted by atomic mass is 19.1. The Morgan fingerprint density at radius 1 is 1.24 bits per heavy atom. The second kappa shape index (κ2) is 9.13. The second-order valence-electron chi connectivity index (χ2n) is 5.89. The van der Waals surface area contributed by atoms with E-state index < -0.39 is 0 Å². The molecule has 0 saturated carbocycles. The van der Waals surface area contributed by atoms with Crippen molar-refractivity contribution in [2.75, 3.05) is 40.8 Å². The Morgan fingerprint density at radius 2 is 1.90 bits per heavy atom. The van der Waals surface area contributed by atoms with Crippen molar-refractivity contribution in [1.29, 1.82) is 0 Å². The van der Waals surface area contributed by atoms with Crippen LogP contribution >= 0.6 is 0 Å². The molecule has 0 saturated heterocycles. The Balaban J connectivity index is 2.63. The number of hydrogen-bond donors (Lipinski definition) is 1. The van der Waals surface area contributed by atoms with Crippen molar-refractivity contribution in [3.05, 3.63) is 35.6 Å². The van der Waals surface area contributed by atoms with Crippen molar-refractivity contribution in [1.82, 2.24) is 15.1 Å². The maximum Gasteiger partial charge on any atom is 0.127 e. The summed E-state index contributed by atoms with van der Waals surface area (Å²) >= 11 is 0. The van der Waals surface area contributed by atoms with Gasteiger partial charge in [-0.25, -0.2) is 4.39 Å². The van der Waals surface area contributed by atoms with E-state index in [1.807, 2.05) is 19.2 Å². The van der Waals surface area contributed by atoms with E-state index in [1.54, 1.807) is 6.07 Å². The number of hydrogen-bond acceptors (Lipinski definition) is 3. The predicted molar refractivity (Wildman–Crippen MR) is 88.1 cm³/mol. The SMILES string of the molecule is CCN(CCC(NC)c1ccccc1F)C(C)CN(C)C. The third-order valence-corrected chi connectivity index (χ3v) is 3.99. The minimum absolute atomic E-state index is 0.0619. The lowest BCUT2D eigenvalue weighted by atomic mass is 10.0. The molecule has 0 radical (unpaired) electrons. The van der Waals surface area contributed by atoms with Crippen LogP contribution in [-0.2, 0) is 0 Å². The summed E-state index contributed by atoms with van der Waals surface area (Å²) in [5.41, 5.74) is 0.760. The molecule has 0 bridgehead atoms. The molecule has 0 heterocycles. The Labute approximate surface area is 129 Å². The quantitative estimate of drug-likeness (QED) is 0.756. The molecule has 1 N–H and O–H groups in total. The monoisotopic (exact) mass is 295 g/mol. The van der Waals surface area contributed by atoms with Crippen LogP contribution in [0.15, 0.2) is 24.3 Å². The normalized spacial score (nSPS) is 14.7. The van der Waals surface area contributed by atoms with E-state index in [2.05, 4.69) is 43.1 Å². The van der Waals surface area contributed by atoms with Gasteiger partial charge in [-0.1, -0.05) is 25.1 Å².